The summed E-state index contributed by atoms with van der Waals surface area (Å²) < 4.78 is 19.1. The molecule has 0 spiro atoms. The van der Waals surface area contributed by atoms with Gasteiger partial charge in [-0.3, -0.25) is 19.3 Å². The van der Waals surface area contributed by atoms with Crippen molar-refractivity contribution in [3.8, 4) is 0 Å². The Hall–Kier alpha value is -3.26. The second-order valence-electron chi connectivity index (χ2n) is 8.34. The lowest BCUT2D eigenvalue weighted by Gasteiger charge is -2.37. The number of fused-ring (bicyclic) bond motifs is 1. The van der Waals surface area contributed by atoms with Gasteiger partial charge in [0.15, 0.2) is 0 Å². The number of imide groups is 1. The predicted octanol–water partition coefficient (Wildman–Crippen LogP) is 2.45. The molecule has 0 saturated carbocycles. The van der Waals surface area contributed by atoms with Crippen molar-refractivity contribution in [3.63, 3.8) is 0 Å². The number of hydrogen-bond acceptors (Lipinski definition) is 5. The number of benzene rings is 2. The first-order valence-corrected chi connectivity index (χ1v) is 10.9. The van der Waals surface area contributed by atoms with Crippen LogP contribution in [0.15, 0.2) is 42.5 Å². The van der Waals surface area contributed by atoms with Crippen LogP contribution in [-0.4, -0.2) is 66.4 Å². The Balaban J connectivity index is 1.33. The molecule has 3 aliphatic rings. The summed E-state index contributed by atoms with van der Waals surface area (Å²) in [6.45, 7) is 2.87. The third-order valence-corrected chi connectivity index (χ3v) is 6.34. The number of hydrogen-bond donors (Lipinski definition) is 0. The van der Waals surface area contributed by atoms with Crippen molar-refractivity contribution in [1.29, 1.82) is 0 Å². The number of anilines is 1. The molecule has 0 aliphatic carbocycles. The molecule has 0 N–H and O–H groups in total. The number of halogens is 1. The molecule has 1 atom stereocenters. The molecule has 0 radical (unpaired) electrons. The van der Waals surface area contributed by atoms with E-state index in [2.05, 4.69) is 4.90 Å². The molecule has 3 aliphatic heterocycles. The smallest absolute Gasteiger partial charge is 0.263 e. The molecule has 2 aromatic carbocycles. The minimum Gasteiger partial charge on any atom is -0.368 e. The number of amides is 3. The predicted molar refractivity (Wildman–Crippen MR) is 115 cm³/mol. The van der Waals surface area contributed by atoms with E-state index in [0.717, 1.165) is 12.8 Å². The number of rotatable bonds is 4. The highest BCUT2D eigenvalue weighted by atomic mass is 19.1. The third kappa shape index (κ3) is 3.64. The highest BCUT2D eigenvalue weighted by Crippen LogP contribution is 2.33. The van der Waals surface area contributed by atoms with Gasteiger partial charge in [-0.2, -0.15) is 0 Å². The van der Waals surface area contributed by atoms with Crippen LogP contribution in [-0.2, 0) is 16.1 Å². The number of nitrogens with zero attached hydrogens (tertiary/aromatic N) is 3. The summed E-state index contributed by atoms with van der Waals surface area (Å²) in [5.74, 6) is -1.12. The molecule has 8 heteroatoms. The molecule has 7 nitrogen and oxygen atoms in total. The highest BCUT2D eigenvalue weighted by Gasteiger charge is 2.39. The molecule has 5 rings (SSSR count). The van der Waals surface area contributed by atoms with Crippen molar-refractivity contribution >= 4 is 23.4 Å². The topological polar surface area (TPSA) is 70.2 Å². The zero-order valence-electron chi connectivity index (χ0n) is 17.6. The lowest BCUT2D eigenvalue weighted by molar-refractivity contribution is -0.141. The number of carbonyl (C=O) groups is 3. The van der Waals surface area contributed by atoms with Gasteiger partial charge >= 0.3 is 0 Å². The summed E-state index contributed by atoms with van der Waals surface area (Å²) in [6.07, 6.45) is 1.34. The Morgan fingerprint density at radius 3 is 2.53 bits per heavy atom. The van der Waals surface area contributed by atoms with Crippen LogP contribution in [0.5, 0.6) is 0 Å². The minimum atomic E-state index is -0.407. The Labute approximate surface area is 185 Å². The second kappa shape index (κ2) is 8.35. The quantitative estimate of drug-likeness (QED) is 0.688. The van der Waals surface area contributed by atoms with Crippen LogP contribution in [0.1, 0.15) is 39.1 Å². The first-order chi connectivity index (χ1) is 15.5. The Bertz CT molecular complexity index is 1070. The summed E-state index contributed by atoms with van der Waals surface area (Å²) in [6, 6.07) is 11.2. The molecule has 3 heterocycles. The van der Waals surface area contributed by atoms with E-state index in [-0.39, 0.29) is 30.4 Å². The van der Waals surface area contributed by atoms with E-state index in [4.69, 9.17) is 4.74 Å². The molecular weight excluding hydrogens is 413 g/mol. The molecule has 2 aromatic rings. The summed E-state index contributed by atoms with van der Waals surface area (Å²) in [5.41, 5.74) is 2.00. The maximum absolute atomic E-state index is 13.6. The maximum Gasteiger partial charge on any atom is 0.263 e. The fourth-order valence-electron chi connectivity index (χ4n) is 4.68. The van der Waals surface area contributed by atoms with E-state index in [1.54, 1.807) is 24.3 Å². The van der Waals surface area contributed by atoms with Crippen LogP contribution in [0.4, 0.5) is 10.1 Å². The van der Waals surface area contributed by atoms with Gasteiger partial charge in [0, 0.05) is 32.8 Å². The Morgan fingerprint density at radius 2 is 1.81 bits per heavy atom. The number of carbonyl (C=O) groups excluding carboxylic acids is 3. The highest BCUT2D eigenvalue weighted by molar-refractivity contribution is 6.23. The van der Waals surface area contributed by atoms with Gasteiger partial charge in [0.05, 0.1) is 23.4 Å². The van der Waals surface area contributed by atoms with Crippen molar-refractivity contribution < 1.29 is 23.5 Å². The van der Waals surface area contributed by atoms with Gasteiger partial charge in [-0.25, -0.2) is 4.39 Å². The molecule has 166 valence electrons. The van der Waals surface area contributed by atoms with E-state index in [1.807, 2.05) is 11.0 Å². The zero-order valence-corrected chi connectivity index (χ0v) is 17.6. The van der Waals surface area contributed by atoms with Crippen molar-refractivity contribution in [1.82, 2.24) is 9.80 Å². The zero-order chi connectivity index (χ0) is 22.2. The fourth-order valence-corrected chi connectivity index (χ4v) is 4.68. The first-order valence-electron chi connectivity index (χ1n) is 10.9. The molecule has 3 amide bonds. The van der Waals surface area contributed by atoms with Gasteiger partial charge in [-0.05, 0) is 42.7 Å². The van der Waals surface area contributed by atoms with Gasteiger partial charge < -0.3 is 14.5 Å². The van der Waals surface area contributed by atoms with Crippen LogP contribution in [0.25, 0.3) is 0 Å². The van der Waals surface area contributed by atoms with Crippen molar-refractivity contribution in [2.75, 3.05) is 37.7 Å². The Morgan fingerprint density at radius 1 is 1.03 bits per heavy atom. The number of ether oxygens (including phenoxy) is 1. The molecule has 32 heavy (non-hydrogen) atoms. The van der Waals surface area contributed by atoms with Gasteiger partial charge in [0.1, 0.15) is 11.9 Å². The summed E-state index contributed by atoms with van der Waals surface area (Å²) in [7, 11) is 0. The molecule has 1 unspecified atom stereocenters. The standard InChI is InChI=1S/C24H24FN3O4/c25-17-5-1-4-16(14-17)15-28-22(29)18-6-2-7-19(21(18)24(28)31)26-9-11-27(12-10-26)23(30)20-8-3-13-32-20/h1-2,4-7,14,20H,3,8-13,15H2. The average molecular weight is 437 g/mol. The van der Waals surface area contributed by atoms with E-state index < -0.39 is 5.82 Å². The van der Waals surface area contributed by atoms with Gasteiger partial charge in [0.2, 0.25) is 0 Å². The van der Waals surface area contributed by atoms with Crippen molar-refractivity contribution in [2.24, 2.45) is 0 Å². The summed E-state index contributed by atoms with van der Waals surface area (Å²) in [5, 5.41) is 0. The fraction of sp³-hybridized carbons (Fsp3) is 0.375. The SMILES string of the molecule is O=C(C1CCCO1)N1CCN(c2cccc3c2C(=O)N(Cc2cccc(F)c2)C3=O)CC1. The number of piperazine rings is 1. The van der Waals surface area contributed by atoms with Crippen molar-refractivity contribution in [2.45, 2.75) is 25.5 Å². The van der Waals surface area contributed by atoms with Gasteiger partial charge in [0.25, 0.3) is 17.7 Å². The van der Waals surface area contributed by atoms with Crippen molar-refractivity contribution in [3.05, 3.63) is 65.0 Å². The van der Waals surface area contributed by atoms with E-state index in [1.165, 1.54) is 17.0 Å². The molecular formula is C24H24FN3O4. The summed E-state index contributed by atoms with van der Waals surface area (Å²) >= 11 is 0. The van der Waals surface area contributed by atoms with E-state index in [0.29, 0.717) is 55.2 Å². The van der Waals surface area contributed by atoms with Crippen LogP contribution in [0, 0.1) is 5.82 Å². The second-order valence-corrected chi connectivity index (χ2v) is 8.34. The third-order valence-electron chi connectivity index (χ3n) is 6.34. The van der Waals surface area contributed by atoms with E-state index >= 15 is 0 Å². The molecule has 0 aromatic heterocycles. The molecule has 2 fully saturated rings. The summed E-state index contributed by atoms with van der Waals surface area (Å²) in [4.78, 5) is 43.8. The van der Waals surface area contributed by atoms with Gasteiger partial charge in [-0.15, -0.1) is 0 Å². The first kappa shape index (κ1) is 20.6. The van der Waals surface area contributed by atoms with Crippen LogP contribution in [0.3, 0.4) is 0 Å². The van der Waals surface area contributed by atoms with Crippen LogP contribution < -0.4 is 4.90 Å². The Kier molecular flexibility index (Phi) is 5.38. The molecule has 2 saturated heterocycles. The van der Waals surface area contributed by atoms with Crippen LogP contribution >= 0.6 is 0 Å². The van der Waals surface area contributed by atoms with E-state index in [9.17, 15) is 18.8 Å². The largest absolute Gasteiger partial charge is 0.368 e. The molecule has 0 bridgehead atoms. The lowest BCUT2D eigenvalue weighted by Crippen LogP contribution is -2.51. The normalized spacial score (nSPS) is 20.8. The van der Waals surface area contributed by atoms with Crippen LogP contribution in [0.2, 0.25) is 0 Å². The maximum atomic E-state index is 13.6. The lowest BCUT2D eigenvalue weighted by atomic mass is 10.1. The van der Waals surface area contributed by atoms with Gasteiger partial charge in [-0.1, -0.05) is 18.2 Å². The average Bonchev–Trinajstić information content (AvgIpc) is 3.43. The minimum absolute atomic E-state index is 0.0210. The monoisotopic (exact) mass is 437 g/mol.